The second kappa shape index (κ2) is 7.86. The normalized spacial score (nSPS) is 11.1. The summed E-state index contributed by atoms with van der Waals surface area (Å²) in [6, 6.07) is 8.28. The van der Waals surface area contributed by atoms with Crippen LogP contribution in [0.3, 0.4) is 0 Å². The maximum Gasteiger partial charge on any atom is 0.148 e. The van der Waals surface area contributed by atoms with E-state index in [1.165, 1.54) is 6.07 Å². The first-order chi connectivity index (χ1) is 11.3. The molecule has 0 unspecified atom stereocenters. The minimum Gasteiger partial charge on any atom is -0.366 e. The fourth-order valence-corrected chi connectivity index (χ4v) is 2.78. The van der Waals surface area contributed by atoms with E-state index in [1.54, 1.807) is 36.5 Å². The predicted octanol–water partition coefficient (Wildman–Crippen LogP) is 5.82. The average molecular weight is 368 g/mol. The Bertz CT molecular complexity index is 742. The molecule has 24 heavy (non-hydrogen) atoms. The van der Waals surface area contributed by atoms with Crippen molar-refractivity contribution < 1.29 is 4.39 Å². The number of para-hydroxylation sites is 1. The van der Waals surface area contributed by atoms with Gasteiger partial charge in [0.15, 0.2) is 0 Å². The van der Waals surface area contributed by atoms with Gasteiger partial charge in [-0.25, -0.2) is 9.38 Å². The number of hydrogen-bond acceptors (Lipinski definition) is 2. The standard InChI is InChI=1S/C18H20Cl2FN3/c1-5-23(3)11-22-16-9-12(2)17(10-14(16)20)24(4)18-13(19)7-6-8-15(18)21/h6-11H,5H2,1-4H3. The summed E-state index contributed by atoms with van der Waals surface area (Å²) in [5, 5.41) is 0.843. The van der Waals surface area contributed by atoms with Gasteiger partial charge in [-0.1, -0.05) is 29.3 Å². The van der Waals surface area contributed by atoms with Gasteiger partial charge in [-0.15, -0.1) is 0 Å². The van der Waals surface area contributed by atoms with E-state index in [0.717, 1.165) is 17.8 Å². The molecule has 0 atom stereocenters. The molecule has 2 rings (SSSR count). The Morgan fingerprint density at radius 1 is 1.17 bits per heavy atom. The van der Waals surface area contributed by atoms with Crippen LogP contribution in [-0.2, 0) is 0 Å². The third kappa shape index (κ3) is 4.00. The Balaban J connectivity index is 2.42. The molecule has 0 amide bonds. The van der Waals surface area contributed by atoms with Crippen molar-refractivity contribution in [3.05, 3.63) is 51.8 Å². The van der Waals surface area contributed by atoms with Gasteiger partial charge in [-0.05, 0) is 43.7 Å². The molecule has 0 aliphatic carbocycles. The molecule has 3 nitrogen and oxygen atoms in total. The number of benzene rings is 2. The van der Waals surface area contributed by atoms with Crippen molar-refractivity contribution in [2.75, 3.05) is 25.5 Å². The smallest absolute Gasteiger partial charge is 0.148 e. The number of nitrogens with zero attached hydrogens (tertiary/aromatic N) is 3. The number of hydrogen-bond donors (Lipinski definition) is 0. The van der Waals surface area contributed by atoms with Gasteiger partial charge in [-0.2, -0.15) is 0 Å². The van der Waals surface area contributed by atoms with Crippen LogP contribution in [0.5, 0.6) is 0 Å². The molecule has 6 heteroatoms. The highest BCUT2D eigenvalue weighted by molar-refractivity contribution is 6.34. The van der Waals surface area contributed by atoms with Crippen LogP contribution >= 0.6 is 23.2 Å². The lowest BCUT2D eigenvalue weighted by molar-refractivity contribution is 0.552. The van der Waals surface area contributed by atoms with Crippen LogP contribution in [0.1, 0.15) is 12.5 Å². The number of aryl methyl sites for hydroxylation is 1. The lowest BCUT2D eigenvalue weighted by Gasteiger charge is -2.24. The van der Waals surface area contributed by atoms with Crippen LogP contribution in [-0.4, -0.2) is 31.9 Å². The molecule has 0 spiro atoms. The lowest BCUT2D eigenvalue weighted by atomic mass is 10.1. The molecule has 2 aromatic carbocycles. The van der Waals surface area contributed by atoms with Gasteiger partial charge in [0.2, 0.25) is 0 Å². The molecule has 0 heterocycles. The summed E-state index contributed by atoms with van der Waals surface area (Å²) in [5.41, 5.74) is 2.69. The molecule has 0 aliphatic heterocycles. The van der Waals surface area contributed by atoms with Crippen molar-refractivity contribution >= 4 is 46.6 Å². The third-order valence-electron chi connectivity index (χ3n) is 3.79. The highest BCUT2D eigenvalue weighted by Crippen LogP contribution is 2.38. The first kappa shape index (κ1) is 18.6. The third-order valence-corrected chi connectivity index (χ3v) is 4.40. The van der Waals surface area contributed by atoms with Gasteiger partial charge >= 0.3 is 0 Å². The maximum absolute atomic E-state index is 14.2. The van der Waals surface area contributed by atoms with E-state index in [4.69, 9.17) is 23.2 Å². The second-order valence-corrected chi connectivity index (χ2v) is 6.35. The van der Waals surface area contributed by atoms with E-state index in [1.807, 2.05) is 31.9 Å². The van der Waals surface area contributed by atoms with Gasteiger partial charge in [0.05, 0.1) is 27.8 Å². The zero-order chi connectivity index (χ0) is 17.9. The quantitative estimate of drug-likeness (QED) is 0.489. The molecule has 0 saturated carbocycles. The molecule has 0 N–H and O–H groups in total. The van der Waals surface area contributed by atoms with Crippen LogP contribution in [0.25, 0.3) is 0 Å². The number of anilines is 2. The molecule has 0 fully saturated rings. The highest BCUT2D eigenvalue weighted by atomic mass is 35.5. The molecule has 0 aliphatic rings. The summed E-state index contributed by atoms with van der Waals surface area (Å²) < 4.78 is 14.2. The summed E-state index contributed by atoms with van der Waals surface area (Å²) in [5.74, 6) is -0.382. The topological polar surface area (TPSA) is 18.8 Å². The monoisotopic (exact) mass is 367 g/mol. The van der Waals surface area contributed by atoms with Crippen LogP contribution in [0, 0.1) is 12.7 Å². The first-order valence-electron chi connectivity index (χ1n) is 7.57. The van der Waals surface area contributed by atoms with Crippen molar-refractivity contribution in [1.29, 1.82) is 0 Å². The molecule has 2 aromatic rings. The van der Waals surface area contributed by atoms with E-state index >= 15 is 0 Å². The maximum atomic E-state index is 14.2. The van der Waals surface area contributed by atoms with Gasteiger partial charge in [-0.3, -0.25) is 0 Å². The lowest BCUT2D eigenvalue weighted by Crippen LogP contribution is -2.14. The van der Waals surface area contributed by atoms with Crippen LogP contribution in [0.4, 0.5) is 21.5 Å². The summed E-state index contributed by atoms with van der Waals surface area (Å²) in [4.78, 5) is 8.04. The van der Waals surface area contributed by atoms with Gasteiger partial charge < -0.3 is 9.80 Å². The van der Waals surface area contributed by atoms with Crippen molar-refractivity contribution in [3.63, 3.8) is 0 Å². The van der Waals surface area contributed by atoms with Crippen molar-refractivity contribution in [1.82, 2.24) is 4.90 Å². The van der Waals surface area contributed by atoms with Crippen LogP contribution < -0.4 is 4.90 Å². The summed E-state index contributed by atoms with van der Waals surface area (Å²) in [6.07, 6.45) is 1.73. The minimum absolute atomic E-state index is 0.320. The van der Waals surface area contributed by atoms with Crippen molar-refractivity contribution in [2.24, 2.45) is 4.99 Å². The summed E-state index contributed by atoms with van der Waals surface area (Å²) in [6.45, 7) is 4.82. The molecular formula is C18H20Cl2FN3. The second-order valence-electron chi connectivity index (χ2n) is 5.54. The Kier molecular flexibility index (Phi) is 6.08. The zero-order valence-electron chi connectivity index (χ0n) is 14.1. The number of rotatable bonds is 5. The summed E-state index contributed by atoms with van der Waals surface area (Å²) in [7, 11) is 3.70. The predicted molar refractivity (Wildman–Crippen MR) is 102 cm³/mol. The molecule has 0 bridgehead atoms. The van der Waals surface area contributed by atoms with E-state index in [0.29, 0.717) is 21.4 Å². The Labute approximate surface area is 152 Å². The SMILES string of the molecule is CCN(C)C=Nc1cc(C)c(N(C)c2c(F)cccc2Cl)cc1Cl. The highest BCUT2D eigenvalue weighted by Gasteiger charge is 2.16. The Morgan fingerprint density at radius 3 is 2.50 bits per heavy atom. The van der Waals surface area contributed by atoms with Crippen LogP contribution in [0.15, 0.2) is 35.3 Å². The van der Waals surface area contributed by atoms with E-state index < -0.39 is 0 Å². The largest absolute Gasteiger partial charge is 0.366 e. The van der Waals surface area contributed by atoms with Gasteiger partial charge in [0.25, 0.3) is 0 Å². The number of halogens is 3. The molecular weight excluding hydrogens is 348 g/mol. The fourth-order valence-electron chi connectivity index (χ4n) is 2.29. The number of aliphatic imine (C=N–C) groups is 1. The van der Waals surface area contributed by atoms with Crippen molar-refractivity contribution in [2.45, 2.75) is 13.8 Å². The molecule has 0 aromatic heterocycles. The van der Waals surface area contributed by atoms with E-state index in [2.05, 4.69) is 4.99 Å². The molecule has 0 saturated heterocycles. The molecule has 0 radical (unpaired) electrons. The zero-order valence-corrected chi connectivity index (χ0v) is 15.7. The fraction of sp³-hybridized carbons (Fsp3) is 0.278. The average Bonchev–Trinajstić information content (AvgIpc) is 2.54. The van der Waals surface area contributed by atoms with E-state index in [-0.39, 0.29) is 5.82 Å². The van der Waals surface area contributed by atoms with E-state index in [9.17, 15) is 4.39 Å². The first-order valence-corrected chi connectivity index (χ1v) is 8.33. The summed E-state index contributed by atoms with van der Waals surface area (Å²) >= 11 is 12.5. The van der Waals surface area contributed by atoms with Gasteiger partial charge in [0, 0.05) is 26.3 Å². The Hall–Kier alpha value is -1.78. The van der Waals surface area contributed by atoms with Gasteiger partial charge in [0.1, 0.15) is 5.82 Å². The minimum atomic E-state index is -0.382. The van der Waals surface area contributed by atoms with Crippen molar-refractivity contribution in [3.8, 4) is 0 Å². The Morgan fingerprint density at radius 2 is 1.88 bits per heavy atom. The van der Waals surface area contributed by atoms with Crippen LogP contribution in [0.2, 0.25) is 10.0 Å². The molecule has 128 valence electrons.